The van der Waals surface area contributed by atoms with E-state index in [0.29, 0.717) is 24.3 Å². The minimum Gasteiger partial charge on any atom is -0.462 e. The first kappa shape index (κ1) is 54.1. The van der Waals surface area contributed by atoms with E-state index in [2.05, 4.69) is 37.5 Å². The molecule has 0 aliphatic carbocycles. The molecule has 6 nitrogen and oxygen atoms in total. The van der Waals surface area contributed by atoms with Gasteiger partial charge in [0.25, 0.3) is 0 Å². The van der Waals surface area contributed by atoms with Crippen LogP contribution in [0, 0.1) is 0 Å². The molecule has 1 aromatic carbocycles. The highest BCUT2D eigenvalue weighted by Gasteiger charge is 2.19. The van der Waals surface area contributed by atoms with Gasteiger partial charge in [0, 0.05) is 0 Å². The largest absolute Gasteiger partial charge is 0.462 e. The first-order valence-electron chi connectivity index (χ1n) is 25.4. The second kappa shape index (κ2) is 41.8. The summed E-state index contributed by atoms with van der Waals surface area (Å²) in [6, 6.07) is 6.97. The number of nitrogens with zero attached hydrogens (tertiary/aromatic N) is 2. The lowest BCUT2D eigenvalue weighted by Gasteiger charge is -2.22. The highest BCUT2D eigenvalue weighted by Crippen LogP contribution is 2.16. The molecule has 58 heavy (non-hydrogen) atoms. The summed E-state index contributed by atoms with van der Waals surface area (Å²) in [7, 11) is 0. The van der Waals surface area contributed by atoms with Crippen LogP contribution in [-0.4, -0.2) is 74.2 Å². The van der Waals surface area contributed by atoms with Crippen LogP contribution in [-0.2, 0) is 9.47 Å². The minimum absolute atomic E-state index is 0.308. The molecule has 6 heteroatoms. The minimum atomic E-state index is -0.429. The lowest BCUT2D eigenvalue weighted by atomic mass is 10.1. The molecule has 0 fully saturated rings. The van der Waals surface area contributed by atoms with Crippen molar-refractivity contribution in [3.05, 3.63) is 35.4 Å². The molecule has 1 aromatic rings. The maximum absolute atomic E-state index is 13.2. The van der Waals surface area contributed by atoms with Crippen molar-refractivity contribution in [3.63, 3.8) is 0 Å². The van der Waals surface area contributed by atoms with Gasteiger partial charge < -0.3 is 19.3 Å². The SMILES string of the molecule is CCCCCCCCCN(CCCCCCCCC)CCCCOC(=O)c1ccccc1C(=O)OCCCCN(CCCCCCCCC)CCCCCCCCC. The molecule has 0 atom stereocenters. The van der Waals surface area contributed by atoms with Crippen molar-refractivity contribution in [2.24, 2.45) is 0 Å². The van der Waals surface area contributed by atoms with Crippen LogP contribution in [0.5, 0.6) is 0 Å². The van der Waals surface area contributed by atoms with Gasteiger partial charge in [-0.3, -0.25) is 0 Å². The van der Waals surface area contributed by atoms with Crippen LogP contribution in [0.25, 0.3) is 0 Å². The highest BCUT2D eigenvalue weighted by atomic mass is 16.5. The quantitative estimate of drug-likeness (QED) is 0.0483. The van der Waals surface area contributed by atoms with Crippen molar-refractivity contribution in [3.8, 4) is 0 Å². The average Bonchev–Trinajstić information content (AvgIpc) is 3.24. The Hall–Kier alpha value is -1.92. The molecule has 0 unspecified atom stereocenters. The molecule has 0 amide bonds. The maximum atomic E-state index is 13.2. The summed E-state index contributed by atoms with van der Waals surface area (Å²) in [6.45, 7) is 16.7. The van der Waals surface area contributed by atoms with Crippen molar-refractivity contribution in [1.82, 2.24) is 9.80 Å². The van der Waals surface area contributed by atoms with E-state index >= 15 is 0 Å². The van der Waals surface area contributed by atoms with Gasteiger partial charge in [-0.2, -0.15) is 0 Å². The lowest BCUT2D eigenvalue weighted by Crippen LogP contribution is -2.27. The number of esters is 2. The van der Waals surface area contributed by atoms with Gasteiger partial charge in [-0.1, -0.05) is 194 Å². The van der Waals surface area contributed by atoms with Crippen LogP contribution in [0.4, 0.5) is 0 Å². The summed E-state index contributed by atoms with van der Waals surface area (Å²) in [5, 5.41) is 0. The predicted octanol–water partition coefficient (Wildman–Crippen LogP) is 15.2. The molecule has 0 aliphatic rings. The second-order valence-electron chi connectivity index (χ2n) is 17.4. The van der Waals surface area contributed by atoms with Crippen molar-refractivity contribution in [2.45, 2.75) is 233 Å². The Bertz CT molecular complexity index is 931. The molecule has 0 bridgehead atoms. The van der Waals surface area contributed by atoms with Gasteiger partial charge in [-0.15, -0.1) is 0 Å². The van der Waals surface area contributed by atoms with E-state index in [1.807, 2.05) is 0 Å². The molecule has 338 valence electrons. The number of carbonyl (C=O) groups is 2. The van der Waals surface area contributed by atoms with Crippen molar-refractivity contribution in [1.29, 1.82) is 0 Å². The molecule has 0 aliphatic heterocycles. The molecule has 0 saturated heterocycles. The van der Waals surface area contributed by atoms with Gasteiger partial charge in [0.1, 0.15) is 0 Å². The third kappa shape index (κ3) is 31.9. The predicted molar refractivity (Wildman–Crippen MR) is 250 cm³/mol. The Labute approximate surface area is 360 Å². The van der Waals surface area contributed by atoms with Crippen LogP contribution in [0.3, 0.4) is 0 Å². The summed E-state index contributed by atoms with van der Waals surface area (Å²) in [5.74, 6) is -0.858. The smallest absolute Gasteiger partial charge is 0.339 e. The first-order valence-corrected chi connectivity index (χ1v) is 25.4. The Kier molecular flexibility index (Phi) is 39.0. The molecule has 0 radical (unpaired) electrons. The standard InChI is InChI=1S/C52H96N2O4/c1-5-9-13-17-21-25-31-41-53(42-32-26-22-18-14-10-6-2)45-35-37-47-57-51(55)49-39-29-30-40-50(49)52(56)58-48-38-36-46-54(43-33-27-23-19-15-11-7-3)44-34-28-24-20-16-12-8-4/h29-30,39-40H,5-28,31-38,41-48H2,1-4H3. The molecular formula is C52H96N2O4. The van der Waals surface area contributed by atoms with Crippen LogP contribution < -0.4 is 0 Å². The van der Waals surface area contributed by atoms with Crippen LogP contribution in [0.15, 0.2) is 24.3 Å². The van der Waals surface area contributed by atoms with Gasteiger partial charge in [-0.05, 0) is 103 Å². The third-order valence-corrected chi connectivity index (χ3v) is 11.9. The van der Waals surface area contributed by atoms with Gasteiger partial charge in [0.15, 0.2) is 0 Å². The zero-order valence-electron chi connectivity index (χ0n) is 39.1. The Morgan fingerprint density at radius 1 is 0.345 bits per heavy atom. The normalized spacial score (nSPS) is 11.6. The Morgan fingerprint density at radius 3 is 0.828 bits per heavy atom. The number of hydrogen-bond acceptors (Lipinski definition) is 6. The number of rotatable bonds is 44. The van der Waals surface area contributed by atoms with Crippen molar-refractivity contribution >= 4 is 11.9 Å². The highest BCUT2D eigenvalue weighted by molar-refractivity contribution is 6.03. The van der Waals surface area contributed by atoms with E-state index < -0.39 is 11.9 Å². The summed E-state index contributed by atoms with van der Waals surface area (Å²) >= 11 is 0. The fraction of sp³-hybridized carbons (Fsp3) is 0.846. The topological polar surface area (TPSA) is 59.1 Å². The van der Waals surface area contributed by atoms with Gasteiger partial charge in [0.2, 0.25) is 0 Å². The summed E-state index contributed by atoms with van der Waals surface area (Å²) in [5.41, 5.74) is 0.616. The number of hydrogen-bond donors (Lipinski definition) is 0. The molecule has 0 heterocycles. The second-order valence-corrected chi connectivity index (χ2v) is 17.4. The fourth-order valence-electron chi connectivity index (χ4n) is 8.04. The molecule has 0 saturated carbocycles. The number of benzene rings is 1. The van der Waals surface area contributed by atoms with Crippen LogP contribution in [0.2, 0.25) is 0 Å². The van der Waals surface area contributed by atoms with Crippen molar-refractivity contribution < 1.29 is 19.1 Å². The van der Waals surface area contributed by atoms with E-state index in [4.69, 9.17) is 9.47 Å². The lowest BCUT2D eigenvalue weighted by molar-refractivity contribution is 0.0448. The fourth-order valence-corrected chi connectivity index (χ4v) is 8.04. The molecule has 0 N–H and O–H groups in total. The molecular weight excluding hydrogens is 717 g/mol. The van der Waals surface area contributed by atoms with Gasteiger partial charge in [0.05, 0.1) is 24.3 Å². The Balaban J connectivity index is 2.48. The number of unbranched alkanes of at least 4 members (excludes halogenated alkanes) is 26. The van der Waals surface area contributed by atoms with Crippen LogP contribution >= 0.6 is 0 Å². The van der Waals surface area contributed by atoms with Gasteiger partial charge >= 0.3 is 11.9 Å². The number of ether oxygens (including phenoxy) is 2. The van der Waals surface area contributed by atoms with Crippen LogP contribution in [0.1, 0.15) is 254 Å². The summed E-state index contributed by atoms with van der Waals surface area (Å²) in [6.07, 6.45) is 41.2. The Morgan fingerprint density at radius 2 is 0.569 bits per heavy atom. The molecule has 1 rings (SSSR count). The van der Waals surface area contributed by atoms with E-state index in [-0.39, 0.29) is 0 Å². The van der Waals surface area contributed by atoms with Crippen molar-refractivity contribution in [2.75, 3.05) is 52.5 Å². The summed E-state index contributed by atoms with van der Waals surface area (Å²) in [4.78, 5) is 31.6. The van der Waals surface area contributed by atoms with E-state index in [0.717, 1.165) is 38.8 Å². The first-order chi connectivity index (χ1) is 28.6. The zero-order chi connectivity index (χ0) is 42.0. The van der Waals surface area contributed by atoms with E-state index in [9.17, 15) is 9.59 Å². The molecule has 0 aromatic heterocycles. The summed E-state index contributed by atoms with van der Waals surface area (Å²) < 4.78 is 11.4. The maximum Gasteiger partial charge on any atom is 0.339 e. The van der Waals surface area contributed by atoms with Gasteiger partial charge in [-0.25, -0.2) is 9.59 Å². The monoisotopic (exact) mass is 813 g/mol. The van der Waals surface area contributed by atoms with E-state index in [1.54, 1.807) is 24.3 Å². The van der Waals surface area contributed by atoms with E-state index in [1.165, 1.54) is 206 Å². The zero-order valence-corrected chi connectivity index (χ0v) is 39.1. The average molecular weight is 813 g/mol. The molecule has 0 spiro atoms. The third-order valence-electron chi connectivity index (χ3n) is 11.9. The number of carbonyl (C=O) groups excluding carboxylic acids is 2.